The number of nitrogens with one attached hydrogen (secondary N) is 2. The van der Waals surface area contributed by atoms with Gasteiger partial charge in [0, 0.05) is 5.92 Å². The number of carboxylic acid groups (broad SMARTS) is 1. The van der Waals surface area contributed by atoms with Crippen molar-refractivity contribution < 1.29 is 24.6 Å². The summed E-state index contributed by atoms with van der Waals surface area (Å²) in [5, 5.41) is 22.3. The molecule has 0 saturated heterocycles. The lowest BCUT2D eigenvalue weighted by atomic mass is 10.1. The van der Waals surface area contributed by atoms with Crippen LogP contribution in [0.1, 0.15) is 17.9 Å². The summed E-state index contributed by atoms with van der Waals surface area (Å²) in [6.45, 7) is -0.695. The van der Waals surface area contributed by atoms with Gasteiger partial charge in [0.2, 0.25) is 11.8 Å². The molecule has 7 nitrogen and oxygen atoms in total. The van der Waals surface area contributed by atoms with Gasteiger partial charge in [-0.05, 0) is 30.0 Å². The van der Waals surface area contributed by atoms with Gasteiger partial charge in [-0.25, -0.2) is 0 Å². The summed E-state index contributed by atoms with van der Waals surface area (Å²) in [6, 6.07) is 6.68. The maximum absolute atomic E-state index is 11.8. The highest BCUT2D eigenvalue weighted by Crippen LogP contribution is 2.47. The molecule has 1 aromatic carbocycles. The third-order valence-electron chi connectivity index (χ3n) is 3.31. The van der Waals surface area contributed by atoms with E-state index < -0.39 is 18.4 Å². The maximum atomic E-state index is 11.8. The Hall–Kier alpha value is -2.57. The summed E-state index contributed by atoms with van der Waals surface area (Å²) in [5.74, 6) is -1.79. The van der Waals surface area contributed by atoms with Crippen molar-refractivity contribution in [2.24, 2.45) is 5.92 Å². The van der Waals surface area contributed by atoms with Crippen molar-refractivity contribution in [1.82, 2.24) is 10.6 Å². The number of carboxylic acids is 1. The fourth-order valence-electron chi connectivity index (χ4n) is 2.11. The first kappa shape index (κ1) is 14.8. The Balaban J connectivity index is 1.74. The number of phenols is 1. The van der Waals surface area contributed by atoms with E-state index >= 15 is 0 Å². The zero-order valence-corrected chi connectivity index (χ0v) is 11.2. The van der Waals surface area contributed by atoms with Crippen LogP contribution in [0.25, 0.3) is 0 Å². The lowest BCUT2D eigenvalue weighted by molar-refractivity contribution is -0.137. The number of aliphatic carboxylic acids is 1. The Kier molecular flexibility index (Phi) is 4.42. The van der Waals surface area contributed by atoms with Crippen molar-refractivity contribution in [3.63, 3.8) is 0 Å². The van der Waals surface area contributed by atoms with Crippen LogP contribution in [-0.2, 0) is 14.4 Å². The van der Waals surface area contributed by atoms with Gasteiger partial charge in [0.25, 0.3) is 0 Å². The Bertz CT molecular complexity index is 555. The smallest absolute Gasteiger partial charge is 0.322 e. The van der Waals surface area contributed by atoms with Gasteiger partial charge >= 0.3 is 5.97 Å². The molecule has 4 N–H and O–H groups in total. The van der Waals surface area contributed by atoms with E-state index in [9.17, 15) is 19.5 Å². The summed E-state index contributed by atoms with van der Waals surface area (Å²) >= 11 is 0. The molecule has 2 amide bonds. The number of aromatic hydroxyl groups is 1. The number of phenolic OH excluding ortho intramolecular Hbond substituents is 1. The minimum Gasteiger partial charge on any atom is -0.508 e. The van der Waals surface area contributed by atoms with Crippen molar-refractivity contribution in [2.45, 2.75) is 12.3 Å². The van der Waals surface area contributed by atoms with Crippen molar-refractivity contribution in [2.75, 3.05) is 13.1 Å². The number of hydrogen-bond donors (Lipinski definition) is 4. The van der Waals surface area contributed by atoms with Gasteiger partial charge in [-0.2, -0.15) is 0 Å². The third-order valence-corrected chi connectivity index (χ3v) is 3.31. The van der Waals surface area contributed by atoms with Gasteiger partial charge in [-0.15, -0.1) is 0 Å². The van der Waals surface area contributed by atoms with Crippen molar-refractivity contribution in [3.05, 3.63) is 29.8 Å². The van der Waals surface area contributed by atoms with Gasteiger partial charge in [0.1, 0.15) is 12.3 Å². The van der Waals surface area contributed by atoms with E-state index in [1.54, 1.807) is 24.3 Å². The molecule has 2 unspecified atom stereocenters. The lowest BCUT2D eigenvalue weighted by Gasteiger charge is -2.05. The molecule has 1 aliphatic rings. The number of carbonyl (C=O) groups excluding carboxylic acids is 2. The largest absolute Gasteiger partial charge is 0.508 e. The van der Waals surface area contributed by atoms with E-state index in [-0.39, 0.29) is 30.0 Å². The summed E-state index contributed by atoms with van der Waals surface area (Å²) in [6.07, 6.45) is 0.702. The van der Waals surface area contributed by atoms with Gasteiger partial charge in [-0.1, -0.05) is 12.1 Å². The highest BCUT2D eigenvalue weighted by Gasteiger charge is 2.43. The molecule has 0 aliphatic heterocycles. The van der Waals surface area contributed by atoms with Crippen LogP contribution in [0.4, 0.5) is 0 Å². The topological polar surface area (TPSA) is 116 Å². The zero-order chi connectivity index (χ0) is 15.4. The molecule has 2 atom stereocenters. The fraction of sp³-hybridized carbons (Fsp3) is 0.357. The first-order chi connectivity index (χ1) is 9.97. The maximum Gasteiger partial charge on any atom is 0.322 e. The lowest BCUT2D eigenvalue weighted by Crippen LogP contribution is -2.39. The molecule has 0 spiro atoms. The Morgan fingerprint density at radius 2 is 1.76 bits per heavy atom. The molecule has 1 saturated carbocycles. The van der Waals surface area contributed by atoms with E-state index in [0.717, 1.165) is 5.56 Å². The minimum absolute atomic E-state index is 0.104. The van der Waals surface area contributed by atoms with Crippen LogP contribution in [0.15, 0.2) is 24.3 Å². The molecule has 21 heavy (non-hydrogen) atoms. The van der Waals surface area contributed by atoms with E-state index in [4.69, 9.17) is 5.11 Å². The highest BCUT2D eigenvalue weighted by atomic mass is 16.4. The summed E-state index contributed by atoms with van der Waals surface area (Å²) in [4.78, 5) is 33.4. The summed E-state index contributed by atoms with van der Waals surface area (Å²) in [5.41, 5.74) is 0.975. The minimum atomic E-state index is -1.13. The Morgan fingerprint density at radius 3 is 2.38 bits per heavy atom. The van der Waals surface area contributed by atoms with Crippen molar-refractivity contribution in [1.29, 1.82) is 0 Å². The average Bonchev–Trinajstić information content (AvgIpc) is 3.23. The van der Waals surface area contributed by atoms with Gasteiger partial charge in [0.15, 0.2) is 0 Å². The molecule has 112 valence electrons. The van der Waals surface area contributed by atoms with Crippen LogP contribution in [-0.4, -0.2) is 41.1 Å². The number of benzene rings is 1. The number of amides is 2. The number of rotatable bonds is 6. The summed E-state index contributed by atoms with van der Waals surface area (Å²) in [7, 11) is 0. The quantitative estimate of drug-likeness (QED) is 0.580. The highest BCUT2D eigenvalue weighted by molar-refractivity contribution is 5.89. The fourth-order valence-corrected chi connectivity index (χ4v) is 2.11. The van der Waals surface area contributed by atoms with Crippen molar-refractivity contribution in [3.8, 4) is 5.75 Å². The first-order valence-electron chi connectivity index (χ1n) is 6.52. The van der Waals surface area contributed by atoms with E-state index in [1.807, 2.05) is 0 Å². The van der Waals surface area contributed by atoms with Crippen LogP contribution in [0, 0.1) is 5.92 Å². The van der Waals surface area contributed by atoms with Gasteiger partial charge in [-0.3, -0.25) is 14.4 Å². The average molecular weight is 292 g/mol. The van der Waals surface area contributed by atoms with E-state index in [0.29, 0.717) is 6.42 Å². The van der Waals surface area contributed by atoms with E-state index in [2.05, 4.69) is 10.6 Å². The Labute approximate surface area is 121 Å². The van der Waals surface area contributed by atoms with Gasteiger partial charge < -0.3 is 20.8 Å². The second-order valence-corrected chi connectivity index (χ2v) is 4.93. The third kappa shape index (κ3) is 4.20. The molecule has 1 aromatic rings. The molecule has 0 aromatic heterocycles. The zero-order valence-electron chi connectivity index (χ0n) is 11.2. The normalized spacial score (nSPS) is 19.6. The molecule has 0 heterocycles. The van der Waals surface area contributed by atoms with Gasteiger partial charge in [0.05, 0.1) is 6.54 Å². The molecule has 0 radical (unpaired) electrons. The van der Waals surface area contributed by atoms with Crippen LogP contribution < -0.4 is 10.6 Å². The van der Waals surface area contributed by atoms with Crippen LogP contribution in [0.3, 0.4) is 0 Å². The summed E-state index contributed by atoms with van der Waals surface area (Å²) < 4.78 is 0. The molecule has 0 bridgehead atoms. The predicted molar refractivity (Wildman–Crippen MR) is 72.6 cm³/mol. The second kappa shape index (κ2) is 6.25. The second-order valence-electron chi connectivity index (χ2n) is 4.93. The number of carbonyl (C=O) groups is 3. The molecule has 2 rings (SSSR count). The van der Waals surface area contributed by atoms with Crippen LogP contribution >= 0.6 is 0 Å². The first-order valence-corrected chi connectivity index (χ1v) is 6.52. The van der Waals surface area contributed by atoms with E-state index in [1.165, 1.54) is 0 Å². The molecule has 7 heteroatoms. The molecular formula is C14H16N2O5. The Morgan fingerprint density at radius 1 is 1.10 bits per heavy atom. The molecular weight excluding hydrogens is 276 g/mol. The van der Waals surface area contributed by atoms with Crippen LogP contribution in [0.2, 0.25) is 0 Å². The number of hydrogen-bond acceptors (Lipinski definition) is 4. The molecule has 1 fully saturated rings. The molecule has 1 aliphatic carbocycles. The predicted octanol–water partition coefficient (Wildman–Crippen LogP) is -0.187. The monoisotopic (exact) mass is 292 g/mol. The van der Waals surface area contributed by atoms with Crippen molar-refractivity contribution >= 4 is 17.8 Å². The van der Waals surface area contributed by atoms with Crippen LogP contribution in [0.5, 0.6) is 5.75 Å². The standard InChI is InChI=1S/C14H16N2O5/c17-9-3-1-8(2-4-9)10-5-11(10)14(21)16-6-12(18)15-7-13(19)20/h1-4,10-11,17H,5-7H2,(H,15,18)(H,16,21)(H,19,20). The SMILES string of the molecule is O=C(O)CNC(=O)CNC(=O)C1CC1c1ccc(O)cc1.